The van der Waals surface area contributed by atoms with Crippen molar-refractivity contribution < 1.29 is 18.7 Å². The van der Waals surface area contributed by atoms with E-state index in [-0.39, 0.29) is 24.6 Å². The number of carbonyl (C=O) groups excluding carboxylic acids is 2. The van der Waals surface area contributed by atoms with Crippen LogP contribution in [0.2, 0.25) is 5.02 Å². The first-order valence-corrected chi connectivity index (χ1v) is 10.5. The second-order valence-corrected chi connectivity index (χ2v) is 7.89. The smallest absolute Gasteiger partial charge is 0.349 e. The van der Waals surface area contributed by atoms with Gasteiger partial charge in [0.15, 0.2) is 6.61 Å². The van der Waals surface area contributed by atoms with Crippen molar-refractivity contribution in [3.63, 3.8) is 0 Å². The van der Waals surface area contributed by atoms with E-state index in [4.69, 9.17) is 20.8 Å². The summed E-state index contributed by atoms with van der Waals surface area (Å²) < 4.78 is 10.8. The maximum absolute atomic E-state index is 12.8. The van der Waals surface area contributed by atoms with Crippen molar-refractivity contribution in [2.24, 2.45) is 0 Å². The molecule has 164 valence electrons. The lowest BCUT2D eigenvalue weighted by Gasteiger charge is -2.30. The van der Waals surface area contributed by atoms with Gasteiger partial charge in [0.2, 0.25) is 0 Å². The Balaban J connectivity index is 1.45. The van der Waals surface area contributed by atoms with Gasteiger partial charge >= 0.3 is 5.63 Å². The Bertz CT molecular complexity index is 1460. The van der Waals surface area contributed by atoms with Crippen LogP contribution in [0, 0.1) is 0 Å². The lowest BCUT2D eigenvalue weighted by molar-refractivity contribution is -0.121. The molecule has 8 heteroatoms. The summed E-state index contributed by atoms with van der Waals surface area (Å²) in [5, 5.41) is 3.89. The van der Waals surface area contributed by atoms with Gasteiger partial charge in [-0.1, -0.05) is 48.0 Å². The molecule has 33 heavy (non-hydrogen) atoms. The van der Waals surface area contributed by atoms with Gasteiger partial charge in [-0.25, -0.2) is 4.79 Å². The Morgan fingerprint density at radius 3 is 2.64 bits per heavy atom. The largest absolute Gasteiger partial charge is 0.482 e. The van der Waals surface area contributed by atoms with Gasteiger partial charge in [0.1, 0.15) is 16.9 Å². The number of benzene rings is 3. The number of hydrogen-bond acceptors (Lipinski definition) is 5. The van der Waals surface area contributed by atoms with Gasteiger partial charge in [-0.15, -0.1) is 0 Å². The van der Waals surface area contributed by atoms with Gasteiger partial charge in [-0.3, -0.25) is 9.59 Å². The molecule has 0 saturated carbocycles. The number of nitrogens with one attached hydrogen (secondary N) is 1. The Hall–Kier alpha value is -4.10. The lowest BCUT2D eigenvalue weighted by Crippen LogP contribution is -2.38. The van der Waals surface area contributed by atoms with E-state index in [0.29, 0.717) is 33.1 Å². The summed E-state index contributed by atoms with van der Waals surface area (Å²) in [6.07, 6.45) is 0. The van der Waals surface area contributed by atoms with Crippen LogP contribution in [0.25, 0.3) is 11.0 Å². The van der Waals surface area contributed by atoms with E-state index in [1.54, 1.807) is 53.4 Å². The van der Waals surface area contributed by atoms with Crippen LogP contribution in [0.1, 0.15) is 15.9 Å². The maximum atomic E-state index is 12.8. The molecule has 0 atom stereocenters. The average molecular weight is 461 g/mol. The third-order valence-corrected chi connectivity index (χ3v) is 5.70. The Morgan fingerprint density at radius 2 is 1.79 bits per heavy atom. The summed E-state index contributed by atoms with van der Waals surface area (Å²) in [6, 6.07) is 20.6. The summed E-state index contributed by atoms with van der Waals surface area (Å²) in [4.78, 5) is 39.3. The second kappa shape index (κ2) is 8.44. The molecule has 0 aliphatic carbocycles. The van der Waals surface area contributed by atoms with E-state index in [1.165, 1.54) is 6.07 Å². The average Bonchev–Trinajstić information content (AvgIpc) is 2.81. The van der Waals surface area contributed by atoms with Crippen LogP contribution >= 0.6 is 11.6 Å². The standard InChI is InChI=1S/C25H17ClN2O5/c26-19-7-3-1-6-16(19)13-28-20-12-17(9-10-22(20)32-14-23(28)29)27-24(30)18-11-15-5-2-4-8-21(15)33-25(18)31/h1-12H,13-14H2,(H,27,30). The Morgan fingerprint density at radius 1 is 1.00 bits per heavy atom. The van der Waals surface area contributed by atoms with Crippen LogP contribution in [-0.4, -0.2) is 18.4 Å². The fraction of sp³-hybridized carbons (Fsp3) is 0.0800. The minimum absolute atomic E-state index is 0.0959. The molecule has 3 aromatic carbocycles. The molecule has 1 aromatic heterocycles. The normalized spacial score (nSPS) is 12.9. The summed E-state index contributed by atoms with van der Waals surface area (Å²) in [5.74, 6) is -0.346. The molecule has 0 saturated heterocycles. The lowest BCUT2D eigenvalue weighted by atomic mass is 10.1. The molecule has 2 heterocycles. The first kappa shape index (κ1) is 20.8. The minimum Gasteiger partial charge on any atom is -0.482 e. The van der Waals surface area contributed by atoms with Crippen LogP contribution in [0.15, 0.2) is 82.0 Å². The summed E-state index contributed by atoms with van der Waals surface area (Å²) in [5.41, 5.74) is 1.22. The number of para-hydroxylation sites is 1. The van der Waals surface area contributed by atoms with Crippen molar-refractivity contribution in [1.29, 1.82) is 0 Å². The quantitative estimate of drug-likeness (QED) is 0.449. The van der Waals surface area contributed by atoms with Crippen molar-refractivity contribution in [3.05, 3.63) is 99.4 Å². The molecular formula is C25H17ClN2O5. The zero-order valence-corrected chi connectivity index (χ0v) is 18.0. The minimum atomic E-state index is -0.733. The second-order valence-electron chi connectivity index (χ2n) is 7.48. The predicted octanol–water partition coefficient (Wildman–Crippen LogP) is 4.62. The van der Waals surface area contributed by atoms with E-state index in [1.807, 2.05) is 18.2 Å². The predicted molar refractivity (Wildman–Crippen MR) is 125 cm³/mol. The third kappa shape index (κ3) is 4.06. The van der Waals surface area contributed by atoms with E-state index in [2.05, 4.69) is 5.32 Å². The van der Waals surface area contributed by atoms with E-state index >= 15 is 0 Å². The summed E-state index contributed by atoms with van der Waals surface area (Å²) >= 11 is 6.28. The summed E-state index contributed by atoms with van der Waals surface area (Å²) in [7, 11) is 0. The molecular weight excluding hydrogens is 444 g/mol. The molecule has 0 bridgehead atoms. The first-order chi connectivity index (χ1) is 16.0. The topological polar surface area (TPSA) is 88.8 Å². The summed E-state index contributed by atoms with van der Waals surface area (Å²) in [6.45, 7) is 0.155. The Kier molecular flexibility index (Phi) is 5.32. The van der Waals surface area contributed by atoms with Crippen molar-refractivity contribution in [1.82, 2.24) is 0 Å². The van der Waals surface area contributed by atoms with Crippen LogP contribution in [-0.2, 0) is 11.3 Å². The highest BCUT2D eigenvalue weighted by Gasteiger charge is 2.27. The molecule has 4 aromatic rings. The van der Waals surface area contributed by atoms with Crippen molar-refractivity contribution in [2.45, 2.75) is 6.54 Å². The van der Waals surface area contributed by atoms with Crippen LogP contribution in [0.4, 0.5) is 11.4 Å². The highest BCUT2D eigenvalue weighted by atomic mass is 35.5. The van der Waals surface area contributed by atoms with Crippen molar-refractivity contribution >= 4 is 45.8 Å². The van der Waals surface area contributed by atoms with Gasteiger partial charge in [-0.05, 0) is 42.0 Å². The van der Waals surface area contributed by atoms with Crippen molar-refractivity contribution in [3.8, 4) is 5.75 Å². The van der Waals surface area contributed by atoms with Crippen LogP contribution in [0.5, 0.6) is 5.75 Å². The van der Waals surface area contributed by atoms with Crippen LogP contribution < -0.4 is 20.6 Å². The molecule has 1 aliphatic heterocycles. The molecule has 0 unspecified atom stereocenters. The number of ether oxygens (including phenoxy) is 1. The number of carbonyl (C=O) groups is 2. The SMILES string of the molecule is O=C(Nc1ccc2c(c1)N(Cc1ccccc1Cl)C(=O)CO2)c1cc2ccccc2oc1=O. The number of rotatable bonds is 4. The number of amides is 2. The van der Waals surface area contributed by atoms with E-state index in [9.17, 15) is 14.4 Å². The fourth-order valence-electron chi connectivity index (χ4n) is 3.67. The first-order valence-electron chi connectivity index (χ1n) is 10.1. The molecule has 2 amide bonds. The molecule has 0 radical (unpaired) electrons. The molecule has 1 aliphatic rings. The monoisotopic (exact) mass is 460 g/mol. The molecule has 7 nitrogen and oxygen atoms in total. The van der Waals surface area contributed by atoms with Crippen molar-refractivity contribution in [2.75, 3.05) is 16.8 Å². The van der Waals surface area contributed by atoms with E-state index < -0.39 is 11.5 Å². The molecule has 0 fully saturated rings. The zero-order chi connectivity index (χ0) is 22.9. The fourth-order valence-corrected chi connectivity index (χ4v) is 3.86. The number of hydrogen-bond donors (Lipinski definition) is 1. The molecule has 0 spiro atoms. The number of nitrogens with zero attached hydrogens (tertiary/aromatic N) is 1. The highest BCUT2D eigenvalue weighted by molar-refractivity contribution is 6.31. The van der Waals surface area contributed by atoms with Gasteiger partial charge in [0.05, 0.1) is 12.2 Å². The van der Waals surface area contributed by atoms with Gasteiger partial charge < -0.3 is 19.4 Å². The molecule has 5 rings (SSSR count). The zero-order valence-electron chi connectivity index (χ0n) is 17.2. The van der Waals surface area contributed by atoms with Crippen LogP contribution in [0.3, 0.4) is 0 Å². The highest BCUT2D eigenvalue weighted by Crippen LogP contribution is 2.36. The third-order valence-electron chi connectivity index (χ3n) is 5.33. The number of fused-ring (bicyclic) bond motifs is 2. The maximum Gasteiger partial charge on any atom is 0.349 e. The number of anilines is 2. The van der Waals surface area contributed by atoms with Gasteiger partial charge in [-0.2, -0.15) is 0 Å². The molecule has 1 N–H and O–H groups in total. The van der Waals surface area contributed by atoms with Gasteiger partial charge in [0.25, 0.3) is 11.8 Å². The number of halogens is 1. The van der Waals surface area contributed by atoms with Gasteiger partial charge in [0, 0.05) is 16.1 Å². The van der Waals surface area contributed by atoms with E-state index in [0.717, 1.165) is 5.56 Å². The Labute approximate surface area is 193 Å².